The van der Waals surface area contributed by atoms with E-state index in [9.17, 15) is 5.26 Å². The maximum Gasteiger partial charge on any atom is 0.221 e. The first-order valence-corrected chi connectivity index (χ1v) is 7.70. The first-order valence-electron chi connectivity index (χ1n) is 7.70. The average Bonchev–Trinajstić information content (AvgIpc) is 2.61. The number of nitrogens with zero attached hydrogens (tertiary/aromatic N) is 4. The molecule has 5 heteroatoms. The van der Waals surface area contributed by atoms with E-state index in [4.69, 9.17) is 4.74 Å². The Balaban J connectivity index is 2.09. The predicted molar refractivity (Wildman–Crippen MR) is 93.7 cm³/mol. The molecule has 0 spiro atoms. The Morgan fingerprint density at radius 2 is 1.92 bits per heavy atom. The number of benzene rings is 1. The number of hydrogen-bond donors (Lipinski definition) is 0. The van der Waals surface area contributed by atoms with Crippen LogP contribution in [0, 0.1) is 11.3 Å². The van der Waals surface area contributed by atoms with Crippen molar-refractivity contribution in [2.24, 2.45) is 0 Å². The highest BCUT2D eigenvalue weighted by atomic mass is 16.5. The Morgan fingerprint density at radius 3 is 2.62 bits per heavy atom. The zero-order chi connectivity index (χ0) is 16.9. The summed E-state index contributed by atoms with van der Waals surface area (Å²) in [6, 6.07) is 11.6. The SMILES string of the molecule is CN(C)CCOc1ncc(-c2ccncc2)c2cc(C#N)ccc12. The molecule has 0 aliphatic heterocycles. The predicted octanol–water partition coefficient (Wildman–Crippen LogP) is 3.11. The van der Waals surface area contributed by atoms with Crippen molar-refractivity contribution in [2.45, 2.75) is 0 Å². The highest BCUT2D eigenvalue weighted by Gasteiger charge is 2.11. The lowest BCUT2D eigenvalue weighted by Gasteiger charge is -2.14. The number of pyridine rings is 2. The Kier molecular flexibility index (Phi) is 4.69. The van der Waals surface area contributed by atoms with Crippen molar-refractivity contribution in [3.05, 3.63) is 54.5 Å². The lowest BCUT2D eigenvalue weighted by atomic mass is 10.00. The third-order valence-corrected chi connectivity index (χ3v) is 3.75. The molecule has 0 fully saturated rings. The van der Waals surface area contributed by atoms with E-state index in [2.05, 4.69) is 20.9 Å². The molecule has 0 radical (unpaired) electrons. The van der Waals surface area contributed by atoms with Gasteiger partial charge in [-0.15, -0.1) is 0 Å². The van der Waals surface area contributed by atoms with Gasteiger partial charge in [-0.2, -0.15) is 5.26 Å². The Labute approximate surface area is 141 Å². The van der Waals surface area contributed by atoms with Crippen LogP contribution in [0.4, 0.5) is 0 Å². The van der Waals surface area contributed by atoms with Crippen molar-refractivity contribution >= 4 is 10.8 Å². The number of likely N-dealkylation sites (N-methyl/N-ethyl adjacent to an activating group) is 1. The van der Waals surface area contributed by atoms with Crippen LogP contribution in [-0.2, 0) is 0 Å². The van der Waals surface area contributed by atoms with Crippen LogP contribution in [0.1, 0.15) is 5.56 Å². The van der Waals surface area contributed by atoms with E-state index in [0.29, 0.717) is 18.1 Å². The summed E-state index contributed by atoms with van der Waals surface area (Å²) in [6.07, 6.45) is 5.29. The highest BCUT2D eigenvalue weighted by Crippen LogP contribution is 2.33. The number of ether oxygens (including phenoxy) is 1. The van der Waals surface area contributed by atoms with Crippen LogP contribution >= 0.6 is 0 Å². The Bertz CT molecular complexity index is 885. The van der Waals surface area contributed by atoms with E-state index in [-0.39, 0.29) is 0 Å². The molecule has 0 saturated heterocycles. The van der Waals surface area contributed by atoms with Gasteiger partial charge in [0.05, 0.1) is 11.6 Å². The molecular weight excluding hydrogens is 300 g/mol. The maximum atomic E-state index is 9.22. The first kappa shape index (κ1) is 15.9. The van der Waals surface area contributed by atoms with Gasteiger partial charge in [0.15, 0.2) is 0 Å². The molecule has 120 valence electrons. The second-order valence-electron chi connectivity index (χ2n) is 5.74. The van der Waals surface area contributed by atoms with Crippen molar-refractivity contribution < 1.29 is 4.74 Å². The minimum absolute atomic E-state index is 0.559. The number of nitriles is 1. The highest BCUT2D eigenvalue weighted by molar-refractivity contribution is 5.99. The van der Waals surface area contributed by atoms with Crippen molar-refractivity contribution in [2.75, 3.05) is 27.2 Å². The molecular formula is C19H18N4O. The number of fused-ring (bicyclic) bond motifs is 1. The molecule has 0 atom stereocenters. The zero-order valence-electron chi connectivity index (χ0n) is 13.7. The number of rotatable bonds is 5. The molecule has 0 saturated carbocycles. The fourth-order valence-electron chi connectivity index (χ4n) is 2.49. The van der Waals surface area contributed by atoms with Crippen molar-refractivity contribution in [1.29, 1.82) is 5.26 Å². The quantitative estimate of drug-likeness (QED) is 0.723. The monoisotopic (exact) mass is 318 g/mol. The fraction of sp³-hybridized carbons (Fsp3) is 0.211. The summed E-state index contributed by atoms with van der Waals surface area (Å²) in [5.74, 6) is 0.592. The summed E-state index contributed by atoms with van der Waals surface area (Å²) in [7, 11) is 4.00. The summed E-state index contributed by atoms with van der Waals surface area (Å²) < 4.78 is 5.85. The van der Waals surface area contributed by atoms with Crippen LogP contribution in [0.15, 0.2) is 48.9 Å². The maximum absolute atomic E-state index is 9.22. The minimum atomic E-state index is 0.559. The van der Waals surface area contributed by atoms with Crippen LogP contribution in [0.25, 0.3) is 21.9 Å². The first-order chi connectivity index (χ1) is 11.7. The molecule has 0 unspecified atom stereocenters. The van der Waals surface area contributed by atoms with Gasteiger partial charge >= 0.3 is 0 Å². The molecule has 0 amide bonds. The molecule has 3 aromatic rings. The smallest absolute Gasteiger partial charge is 0.221 e. The van der Waals surface area contributed by atoms with Crippen molar-refractivity contribution in [3.8, 4) is 23.1 Å². The van der Waals surface area contributed by atoms with Crippen LogP contribution < -0.4 is 4.74 Å². The van der Waals surface area contributed by atoms with Gasteiger partial charge in [0.25, 0.3) is 0 Å². The minimum Gasteiger partial charge on any atom is -0.476 e. The standard InChI is InChI=1S/C19H18N4O/c1-23(2)9-10-24-19-16-4-3-14(12-20)11-17(16)18(13-22-19)15-5-7-21-8-6-15/h3-8,11,13H,9-10H2,1-2H3. The molecule has 2 aromatic heterocycles. The van der Waals surface area contributed by atoms with Gasteiger partial charge in [0.1, 0.15) is 6.61 Å². The van der Waals surface area contributed by atoms with Gasteiger partial charge < -0.3 is 9.64 Å². The number of hydrogen-bond acceptors (Lipinski definition) is 5. The van der Waals surface area contributed by atoms with Gasteiger partial charge in [-0.05, 0) is 55.4 Å². The number of aromatic nitrogens is 2. The molecule has 2 heterocycles. The normalized spacial score (nSPS) is 10.8. The van der Waals surface area contributed by atoms with Crippen LogP contribution in [0.3, 0.4) is 0 Å². The lowest BCUT2D eigenvalue weighted by Crippen LogP contribution is -2.19. The average molecular weight is 318 g/mol. The Morgan fingerprint density at radius 1 is 1.12 bits per heavy atom. The molecule has 0 aliphatic rings. The van der Waals surface area contributed by atoms with Gasteiger partial charge in [0, 0.05) is 36.1 Å². The molecule has 5 nitrogen and oxygen atoms in total. The van der Waals surface area contributed by atoms with Crippen LogP contribution in [-0.4, -0.2) is 42.1 Å². The van der Waals surface area contributed by atoms with E-state index >= 15 is 0 Å². The molecule has 0 aliphatic carbocycles. The second kappa shape index (κ2) is 7.07. The molecule has 1 aromatic carbocycles. The van der Waals surface area contributed by atoms with Crippen molar-refractivity contribution in [3.63, 3.8) is 0 Å². The summed E-state index contributed by atoms with van der Waals surface area (Å²) in [4.78, 5) is 10.6. The van der Waals surface area contributed by atoms with E-state index in [0.717, 1.165) is 28.4 Å². The van der Waals surface area contributed by atoms with E-state index < -0.39 is 0 Å². The molecule has 0 bridgehead atoms. The third-order valence-electron chi connectivity index (χ3n) is 3.75. The van der Waals surface area contributed by atoms with Gasteiger partial charge in [-0.25, -0.2) is 4.98 Å². The zero-order valence-corrected chi connectivity index (χ0v) is 13.7. The van der Waals surface area contributed by atoms with Gasteiger partial charge in [-0.3, -0.25) is 4.98 Å². The summed E-state index contributed by atoms with van der Waals surface area (Å²) in [5.41, 5.74) is 2.59. The van der Waals surface area contributed by atoms with Gasteiger partial charge in [-0.1, -0.05) is 0 Å². The van der Waals surface area contributed by atoms with E-state index in [1.54, 1.807) is 24.7 Å². The summed E-state index contributed by atoms with van der Waals surface area (Å²) >= 11 is 0. The summed E-state index contributed by atoms with van der Waals surface area (Å²) in [6.45, 7) is 1.37. The molecule has 24 heavy (non-hydrogen) atoms. The topological polar surface area (TPSA) is 62.0 Å². The third kappa shape index (κ3) is 3.34. The molecule has 0 N–H and O–H groups in total. The summed E-state index contributed by atoms with van der Waals surface area (Å²) in [5, 5.41) is 11.1. The lowest BCUT2D eigenvalue weighted by molar-refractivity contribution is 0.256. The van der Waals surface area contributed by atoms with E-state index in [1.807, 2.05) is 38.4 Å². The van der Waals surface area contributed by atoms with Crippen LogP contribution in [0.2, 0.25) is 0 Å². The fourth-order valence-corrected chi connectivity index (χ4v) is 2.49. The second-order valence-corrected chi connectivity index (χ2v) is 5.74. The largest absolute Gasteiger partial charge is 0.476 e. The van der Waals surface area contributed by atoms with Crippen molar-refractivity contribution in [1.82, 2.24) is 14.9 Å². The Hall–Kier alpha value is -2.97. The van der Waals surface area contributed by atoms with Crippen LogP contribution in [0.5, 0.6) is 5.88 Å². The van der Waals surface area contributed by atoms with E-state index in [1.165, 1.54) is 0 Å². The molecule has 3 rings (SSSR count). The van der Waals surface area contributed by atoms with Gasteiger partial charge in [0.2, 0.25) is 5.88 Å².